The van der Waals surface area contributed by atoms with Crippen molar-refractivity contribution in [2.45, 2.75) is 79.2 Å². The predicted molar refractivity (Wildman–Crippen MR) is 150 cm³/mol. The minimum Gasteiger partial charge on any atom is -0.330 e. The van der Waals surface area contributed by atoms with E-state index in [2.05, 4.69) is 85.6 Å². The first-order chi connectivity index (χ1) is 15.0. The number of nitrogens with two attached hydrogens (primary N) is 1. The van der Waals surface area contributed by atoms with Crippen LogP contribution in [0.15, 0.2) is 65.7 Å². The van der Waals surface area contributed by atoms with Gasteiger partial charge in [-0.1, -0.05) is 93.7 Å². The van der Waals surface area contributed by atoms with E-state index in [0.29, 0.717) is 5.41 Å². The average Bonchev–Trinajstić information content (AvgIpc) is 2.69. The zero-order valence-corrected chi connectivity index (χ0v) is 22.5. The number of isothiocyanates is 1. The Morgan fingerprint density at radius 3 is 1.66 bits per heavy atom. The number of hydrogen-bond acceptors (Lipinski definition) is 4. The van der Waals surface area contributed by atoms with Crippen LogP contribution < -0.4 is 5.73 Å². The first kappa shape index (κ1) is 30.3. The smallest absolute Gasteiger partial charge is 0.0627 e. The molecule has 0 aromatic heterocycles. The molecule has 2 N–H and O–H groups in total. The molecule has 4 heteroatoms. The third-order valence-electron chi connectivity index (χ3n) is 4.15. The molecule has 2 aromatic carbocycles. The molecule has 0 radical (unpaired) electrons. The summed E-state index contributed by atoms with van der Waals surface area (Å²) in [6, 6.07) is 20.9. The Morgan fingerprint density at radius 1 is 0.844 bits per heavy atom. The van der Waals surface area contributed by atoms with Crippen molar-refractivity contribution in [1.29, 1.82) is 0 Å². The molecule has 0 saturated carbocycles. The van der Waals surface area contributed by atoms with Crippen LogP contribution in [0.25, 0.3) is 0 Å². The molecule has 2 rings (SSSR count). The van der Waals surface area contributed by atoms with Crippen LogP contribution >= 0.6 is 24.4 Å². The van der Waals surface area contributed by atoms with Crippen molar-refractivity contribution in [2.75, 3.05) is 6.54 Å². The number of rotatable bonds is 7. The summed E-state index contributed by atoms with van der Waals surface area (Å²) in [7, 11) is 0. The standard InChI is InChI=1S/C15H22S.C8H11N.C5H9NS/c1-15(2,3)12-14(16)11-7-10-13-8-5-4-6-9-13;9-7-6-8-4-2-1-3-5-8;1-5(2,3)6-4-7/h4-6,8-9H,7,10-12H2,1-3H3;1-5H,6-7,9H2;1-3H3. The van der Waals surface area contributed by atoms with Crippen LogP contribution in [0.1, 0.15) is 71.9 Å². The molecule has 0 spiro atoms. The summed E-state index contributed by atoms with van der Waals surface area (Å²) in [5.74, 6) is 0. The lowest BCUT2D eigenvalue weighted by Crippen LogP contribution is -2.11. The maximum absolute atomic E-state index is 5.42. The van der Waals surface area contributed by atoms with Crippen molar-refractivity contribution in [3.8, 4) is 0 Å². The van der Waals surface area contributed by atoms with E-state index in [4.69, 9.17) is 18.0 Å². The van der Waals surface area contributed by atoms with E-state index in [0.717, 1.165) is 32.2 Å². The van der Waals surface area contributed by atoms with Crippen LogP contribution in [0, 0.1) is 5.41 Å². The minimum absolute atomic E-state index is 0.0399. The van der Waals surface area contributed by atoms with E-state index in [-0.39, 0.29) is 5.54 Å². The highest BCUT2D eigenvalue weighted by molar-refractivity contribution is 7.80. The molecular weight excluding hydrogens is 428 g/mol. The molecule has 176 valence electrons. The zero-order chi connectivity index (χ0) is 24.5. The van der Waals surface area contributed by atoms with Crippen LogP contribution in [0.2, 0.25) is 0 Å². The minimum atomic E-state index is -0.0399. The van der Waals surface area contributed by atoms with Crippen molar-refractivity contribution in [2.24, 2.45) is 16.1 Å². The average molecular weight is 471 g/mol. The van der Waals surface area contributed by atoms with Gasteiger partial charge in [0, 0.05) is 0 Å². The molecule has 0 aliphatic heterocycles. The monoisotopic (exact) mass is 470 g/mol. The van der Waals surface area contributed by atoms with Gasteiger partial charge < -0.3 is 5.73 Å². The molecule has 2 nitrogen and oxygen atoms in total. The lowest BCUT2D eigenvalue weighted by molar-refractivity contribution is 0.433. The molecule has 0 atom stereocenters. The molecule has 0 fully saturated rings. The third-order valence-corrected chi connectivity index (χ3v) is 4.59. The fourth-order valence-electron chi connectivity index (χ4n) is 2.76. The Hall–Kier alpha value is -1.71. The van der Waals surface area contributed by atoms with Gasteiger partial charge in [-0.3, -0.25) is 0 Å². The molecule has 0 unspecified atom stereocenters. The van der Waals surface area contributed by atoms with Gasteiger partial charge >= 0.3 is 0 Å². The van der Waals surface area contributed by atoms with Crippen molar-refractivity contribution in [3.05, 3.63) is 71.8 Å². The van der Waals surface area contributed by atoms with Gasteiger partial charge in [-0.25, -0.2) is 4.99 Å². The summed E-state index contributed by atoms with van der Waals surface area (Å²) in [6.07, 6.45) is 5.46. The number of benzene rings is 2. The summed E-state index contributed by atoms with van der Waals surface area (Å²) in [5, 5.41) is 2.32. The Bertz CT molecular complexity index is 782. The first-order valence-corrected chi connectivity index (χ1v) is 12.2. The van der Waals surface area contributed by atoms with Gasteiger partial charge in [-0.2, -0.15) is 0 Å². The number of aryl methyl sites for hydroxylation is 1. The molecular formula is C28H42N2S2. The molecule has 0 amide bonds. The lowest BCUT2D eigenvalue weighted by Gasteiger charge is -2.18. The highest BCUT2D eigenvalue weighted by Crippen LogP contribution is 2.21. The second-order valence-electron chi connectivity index (χ2n) is 10.0. The Kier molecular flexibility index (Phi) is 16.0. The molecule has 0 heterocycles. The molecule has 0 bridgehead atoms. The predicted octanol–water partition coefficient (Wildman–Crippen LogP) is 7.89. The first-order valence-electron chi connectivity index (χ1n) is 11.4. The second kappa shape index (κ2) is 16.9. The molecule has 0 aliphatic carbocycles. The lowest BCUT2D eigenvalue weighted by atomic mass is 9.89. The number of nitrogens with zero attached hydrogens (tertiary/aromatic N) is 1. The number of thiocarbonyl (C=S) groups is 2. The van der Waals surface area contributed by atoms with Crippen LogP contribution in [0.4, 0.5) is 0 Å². The Morgan fingerprint density at radius 2 is 1.31 bits per heavy atom. The Labute approximate surface area is 207 Å². The summed E-state index contributed by atoms with van der Waals surface area (Å²) < 4.78 is 0. The molecule has 2 aromatic rings. The largest absolute Gasteiger partial charge is 0.330 e. The fraction of sp³-hybridized carbons (Fsp3) is 0.500. The number of hydrogen-bond donors (Lipinski definition) is 1. The quantitative estimate of drug-likeness (QED) is 0.330. The van der Waals surface area contributed by atoms with E-state index in [9.17, 15) is 0 Å². The van der Waals surface area contributed by atoms with Gasteiger partial charge in [0.1, 0.15) is 0 Å². The van der Waals surface area contributed by atoms with E-state index in [1.54, 1.807) is 0 Å². The van der Waals surface area contributed by atoms with Gasteiger partial charge in [-0.05, 0) is 93.0 Å². The summed E-state index contributed by atoms with van der Waals surface area (Å²) in [4.78, 5) is 5.05. The van der Waals surface area contributed by atoms with Crippen molar-refractivity contribution in [3.63, 3.8) is 0 Å². The van der Waals surface area contributed by atoms with E-state index in [1.165, 1.54) is 22.4 Å². The number of aliphatic imine (C=N–C) groups is 1. The van der Waals surface area contributed by atoms with Crippen molar-refractivity contribution in [1.82, 2.24) is 0 Å². The van der Waals surface area contributed by atoms with E-state index in [1.807, 2.05) is 39.0 Å². The van der Waals surface area contributed by atoms with Gasteiger partial charge in [0.15, 0.2) is 0 Å². The van der Waals surface area contributed by atoms with Crippen LogP contribution in [-0.4, -0.2) is 22.1 Å². The van der Waals surface area contributed by atoms with Gasteiger partial charge in [0.25, 0.3) is 0 Å². The highest BCUT2D eigenvalue weighted by atomic mass is 32.1. The Balaban J connectivity index is 0.000000506. The van der Waals surface area contributed by atoms with E-state index < -0.39 is 0 Å². The maximum Gasteiger partial charge on any atom is 0.0627 e. The summed E-state index contributed by atoms with van der Waals surface area (Å²) in [5.41, 5.74) is 8.39. The van der Waals surface area contributed by atoms with Gasteiger partial charge in [0.2, 0.25) is 0 Å². The van der Waals surface area contributed by atoms with Gasteiger partial charge in [0.05, 0.1) is 10.7 Å². The van der Waals surface area contributed by atoms with Crippen LogP contribution in [0.3, 0.4) is 0 Å². The maximum atomic E-state index is 5.42. The fourth-order valence-corrected chi connectivity index (χ4v) is 3.61. The van der Waals surface area contributed by atoms with Crippen LogP contribution in [0.5, 0.6) is 0 Å². The topological polar surface area (TPSA) is 38.4 Å². The SMILES string of the molecule is CC(C)(C)CC(=S)CCCc1ccccc1.CC(C)(C)N=C=S.NCCc1ccccc1. The van der Waals surface area contributed by atoms with E-state index >= 15 is 0 Å². The summed E-state index contributed by atoms with van der Waals surface area (Å²) >= 11 is 9.80. The molecule has 0 aliphatic rings. The second-order valence-corrected chi connectivity index (χ2v) is 10.8. The van der Waals surface area contributed by atoms with Gasteiger partial charge in [-0.15, -0.1) is 0 Å². The molecule has 32 heavy (non-hydrogen) atoms. The molecule has 0 saturated heterocycles. The van der Waals surface area contributed by atoms with Crippen LogP contribution in [-0.2, 0) is 12.8 Å². The van der Waals surface area contributed by atoms with Crippen molar-refractivity contribution < 1.29 is 0 Å². The zero-order valence-electron chi connectivity index (χ0n) is 20.9. The summed E-state index contributed by atoms with van der Waals surface area (Å²) in [6.45, 7) is 13.4. The normalized spacial score (nSPS) is 10.6. The highest BCUT2D eigenvalue weighted by Gasteiger charge is 2.12. The third kappa shape index (κ3) is 20.2. The van der Waals surface area contributed by atoms with Crippen molar-refractivity contribution >= 4 is 34.5 Å².